The Morgan fingerprint density at radius 1 is 1.46 bits per heavy atom. The zero-order valence-electron chi connectivity index (χ0n) is 6.41. The molecule has 0 unspecified atom stereocenters. The molecule has 0 saturated carbocycles. The van der Waals surface area contributed by atoms with Gasteiger partial charge in [-0.05, 0) is 12.1 Å². The third kappa shape index (κ3) is 1.15. The molecule has 1 aromatic heterocycles. The van der Waals surface area contributed by atoms with Crippen LogP contribution < -0.4 is 0 Å². The van der Waals surface area contributed by atoms with E-state index in [0.717, 1.165) is 4.70 Å². The molecule has 1 heterocycles. The second kappa shape index (κ2) is 2.91. The minimum Gasteiger partial charge on any atom is -0.506 e. The van der Waals surface area contributed by atoms with Crippen molar-refractivity contribution in [2.24, 2.45) is 0 Å². The summed E-state index contributed by atoms with van der Waals surface area (Å²) in [7, 11) is 0. The Bertz CT molecular complexity index is 512. The van der Waals surface area contributed by atoms with Crippen molar-refractivity contribution >= 4 is 33.0 Å². The molecular weight excluding hydrogens is 206 g/mol. The topological polar surface area (TPSA) is 44.0 Å². The number of hydrogen-bond acceptors (Lipinski definition) is 3. The minimum atomic E-state index is 0.0177. The summed E-state index contributed by atoms with van der Waals surface area (Å²) in [5.41, 5.74) is 0.515. The van der Waals surface area contributed by atoms with Gasteiger partial charge in [-0.1, -0.05) is 11.6 Å². The van der Waals surface area contributed by atoms with E-state index in [2.05, 4.69) is 0 Å². The highest BCUT2D eigenvalue weighted by Crippen LogP contribution is 2.37. The average molecular weight is 210 g/mol. The van der Waals surface area contributed by atoms with Crippen molar-refractivity contribution < 1.29 is 5.11 Å². The summed E-state index contributed by atoms with van der Waals surface area (Å²) in [6.07, 6.45) is 0. The molecule has 0 fully saturated rings. The van der Waals surface area contributed by atoms with Gasteiger partial charge in [-0.15, -0.1) is 11.3 Å². The van der Waals surface area contributed by atoms with E-state index in [1.165, 1.54) is 17.4 Å². The zero-order valence-corrected chi connectivity index (χ0v) is 7.99. The molecular formula is C9H4ClNOS. The fourth-order valence-electron chi connectivity index (χ4n) is 1.16. The molecule has 4 heteroatoms. The van der Waals surface area contributed by atoms with Gasteiger partial charge in [0, 0.05) is 15.5 Å². The lowest BCUT2D eigenvalue weighted by atomic mass is 10.2. The number of phenolic OH excluding ortho intramolecular Hbond substituents is 1. The van der Waals surface area contributed by atoms with E-state index >= 15 is 0 Å². The molecule has 0 radical (unpaired) electrons. The Balaban J connectivity index is 2.95. The molecule has 2 nitrogen and oxygen atoms in total. The van der Waals surface area contributed by atoms with Crippen molar-refractivity contribution in [1.29, 1.82) is 5.26 Å². The number of halogens is 1. The number of aromatic hydroxyl groups is 1. The van der Waals surface area contributed by atoms with Crippen LogP contribution in [0, 0.1) is 11.3 Å². The molecule has 0 aliphatic carbocycles. The van der Waals surface area contributed by atoms with Crippen LogP contribution in [-0.2, 0) is 0 Å². The number of nitrogens with zero attached hydrogens (tertiary/aromatic N) is 1. The fourth-order valence-corrected chi connectivity index (χ4v) is 2.37. The van der Waals surface area contributed by atoms with Crippen molar-refractivity contribution in [3.63, 3.8) is 0 Å². The van der Waals surface area contributed by atoms with Gasteiger partial charge in [0.15, 0.2) is 0 Å². The lowest BCUT2D eigenvalue weighted by Gasteiger charge is -1.97. The summed E-state index contributed by atoms with van der Waals surface area (Å²) >= 11 is 7.30. The zero-order chi connectivity index (χ0) is 9.42. The van der Waals surface area contributed by atoms with Crippen molar-refractivity contribution in [3.8, 4) is 11.8 Å². The fraction of sp³-hybridized carbons (Fsp3) is 0. The number of phenols is 1. The van der Waals surface area contributed by atoms with Gasteiger partial charge in [0.25, 0.3) is 0 Å². The van der Waals surface area contributed by atoms with Crippen LogP contribution in [-0.4, -0.2) is 5.11 Å². The van der Waals surface area contributed by atoms with E-state index < -0.39 is 0 Å². The highest BCUT2D eigenvalue weighted by atomic mass is 35.5. The summed E-state index contributed by atoms with van der Waals surface area (Å²) in [4.78, 5) is 0. The van der Waals surface area contributed by atoms with Gasteiger partial charge in [0.2, 0.25) is 0 Å². The smallest absolute Gasteiger partial charge is 0.134 e. The van der Waals surface area contributed by atoms with Gasteiger partial charge in [0.1, 0.15) is 11.8 Å². The second-order valence-corrected chi connectivity index (χ2v) is 3.82. The molecule has 2 rings (SSSR count). The monoisotopic (exact) mass is 209 g/mol. The Hall–Kier alpha value is -1.24. The van der Waals surface area contributed by atoms with Gasteiger partial charge in [-0.25, -0.2) is 0 Å². The van der Waals surface area contributed by atoms with Crippen molar-refractivity contribution in [1.82, 2.24) is 0 Å². The number of nitriles is 1. The highest BCUT2D eigenvalue weighted by molar-refractivity contribution is 7.17. The van der Waals surface area contributed by atoms with Crippen molar-refractivity contribution in [2.45, 2.75) is 0 Å². The van der Waals surface area contributed by atoms with Crippen LogP contribution in [0.25, 0.3) is 10.1 Å². The maximum Gasteiger partial charge on any atom is 0.134 e. The van der Waals surface area contributed by atoms with E-state index in [4.69, 9.17) is 16.9 Å². The molecule has 0 amide bonds. The van der Waals surface area contributed by atoms with Crippen LogP contribution in [0.5, 0.6) is 5.75 Å². The lowest BCUT2D eigenvalue weighted by Crippen LogP contribution is -1.73. The predicted molar refractivity (Wildman–Crippen MR) is 53.2 cm³/mol. The molecule has 0 aliphatic heterocycles. The summed E-state index contributed by atoms with van der Waals surface area (Å²) in [6.45, 7) is 0. The largest absolute Gasteiger partial charge is 0.506 e. The maximum atomic E-state index is 9.32. The third-order valence-electron chi connectivity index (χ3n) is 1.78. The summed E-state index contributed by atoms with van der Waals surface area (Å²) in [5, 5.41) is 20.7. The second-order valence-electron chi connectivity index (χ2n) is 2.53. The number of rotatable bonds is 0. The first-order valence-electron chi connectivity index (χ1n) is 3.53. The molecule has 0 spiro atoms. The molecule has 0 saturated heterocycles. The molecule has 0 atom stereocenters. The number of thiophene rings is 1. The van der Waals surface area contributed by atoms with Crippen LogP contribution in [0.3, 0.4) is 0 Å². The Labute approximate surface area is 83.6 Å². The number of fused-ring (bicyclic) bond motifs is 1. The van der Waals surface area contributed by atoms with Crippen LogP contribution in [0.2, 0.25) is 5.02 Å². The molecule has 1 aromatic carbocycles. The van der Waals surface area contributed by atoms with E-state index in [1.54, 1.807) is 11.4 Å². The quantitative estimate of drug-likeness (QED) is 0.725. The van der Waals surface area contributed by atoms with E-state index in [-0.39, 0.29) is 10.8 Å². The van der Waals surface area contributed by atoms with E-state index in [0.29, 0.717) is 10.9 Å². The first kappa shape index (κ1) is 8.36. The molecule has 1 N–H and O–H groups in total. The van der Waals surface area contributed by atoms with Gasteiger partial charge < -0.3 is 5.11 Å². The molecule has 2 aromatic rings. The summed E-state index contributed by atoms with van der Waals surface area (Å²) in [6, 6.07) is 5.31. The Morgan fingerprint density at radius 2 is 2.23 bits per heavy atom. The van der Waals surface area contributed by atoms with Crippen LogP contribution in [0.15, 0.2) is 17.5 Å². The molecule has 13 heavy (non-hydrogen) atoms. The van der Waals surface area contributed by atoms with Crippen molar-refractivity contribution in [2.75, 3.05) is 0 Å². The molecule has 0 bridgehead atoms. The summed E-state index contributed by atoms with van der Waals surface area (Å²) in [5.74, 6) is 0.0177. The van der Waals surface area contributed by atoms with Gasteiger partial charge in [-0.3, -0.25) is 0 Å². The Kier molecular flexibility index (Phi) is 1.87. The van der Waals surface area contributed by atoms with Gasteiger partial charge in [0.05, 0.1) is 10.6 Å². The summed E-state index contributed by atoms with van der Waals surface area (Å²) < 4.78 is 0.916. The van der Waals surface area contributed by atoms with E-state index in [1.807, 2.05) is 6.07 Å². The SMILES string of the molecule is N#Cc1csc2ccc(O)c(Cl)c12. The molecule has 0 aliphatic rings. The maximum absolute atomic E-state index is 9.32. The van der Waals surface area contributed by atoms with Crippen LogP contribution in [0.1, 0.15) is 5.56 Å². The number of benzene rings is 1. The average Bonchev–Trinajstić information content (AvgIpc) is 2.55. The standard InChI is InChI=1S/C9H4ClNOS/c10-9-6(12)1-2-7-8(9)5(3-11)4-13-7/h1-2,4,12H. The highest BCUT2D eigenvalue weighted by Gasteiger charge is 2.10. The predicted octanol–water partition coefficient (Wildman–Crippen LogP) is 3.13. The van der Waals surface area contributed by atoms with Gasteiger partial charge in [-0.2, -0.15) is 5.26 Å². The first-order valence-corrected chi connectivity index (χ1v) is 4.78. The normalized spacial score (nSPS) is 10.2. The van der Waals surface area contributed by atoms with Crippen LogP contribution >= 0.6 is 22.9 Å². The Morgan fingerprint density at radius 3 is 2.92 bits per heavy atom. The van der Waals surface area contributed by atoms with E-state index in [9.17, 15) is 5.11 Å². The minimum absolute atomic E-state index is 0.0177. The van der Waals surface area contributed by atoms with Crippen LogP contribution in [0.4, 0.5) is 0 Å². The van der Waals surface area contributed by atoms with Gasteiger partial charge >= 0.3 is 0 Å². The van der Waals surface area contributed by atoms with Crippen molar-refractivity contribution in [3.05, 3.63) is 28.1 Å². The third-order valence-corrected chi connectivity index (χ3v) is 3.11. The molecule has 64 valence electrons. The first-order chi connectivity index (χ1) is 6.24. The lowest BCUT2D eigenvalue weighted by molar-refractivity contribution is 0.476. The number of hydrogen-bond donors (Lipinski definition) is 1.